The number of aryl methyl sites for hydroxylation is 2. The molecule has 4 aromatic rings. The molecule has 7 heteroatoms. The van der Waals surface area contributed by atoms with Gasteiger partial charge in [-0.3, -0.25) is 19.4 Å². The molecule has 148 valence electrons. The molecule has 1 aromatic carbocycles. The molecule has 0 radical (unpaired) electrons. The fraction of sp³-hybridized carbons (Fsp3) is 0.273. The van der Waals surface area contributed by atoms with Crippen LogP contribution >= 0.6 is 11.3 Å². The maximum Gasteiger partial charge on any atom is 0.280 e. The number of pyridine rings is 1. The number of aromatic nitrogens is 4. The highest BCUT2D eigenvalue weighted by Gasteiger charge is 2.24. The molecule has 0 unspecified atom stereocenters. The van der Waals surface area contributed by atoms with Gasteiger partial charge in [0.1, 0.15) is 0 Å². The van der Waals surface area contributed by atoms with Gasteiger partial charge >= 0.3 is 0 Å². The Kier molecular flexibility index (Phi) is 5.15. The zero-order valence-electron chi connectivity index (χ0n) is 17.0. The predicted octanol–water partition coefficient (Wildman–Crippen LogP) is 4.93. The third kappa shape index (κ3) is 3.91. The Morgan fingerprint density at radius 3 is 2.72 bits per heavy atom. The molecule has 0 bridgehead atoms. The number of fused-ring (bicyclic) bond motifs is 1. The SMILES string of the molecule is Cc1cc(C)c2sc(N(Cc3ccccn3)C(=O)c3ccn(C(C)C)n3)nc2c1. The van der Waals surface area contributed by atoms with Gasteiger partial charge in [0, 0.05) is 18.4 Å². The van der Waals surface area contributed by atoms with E-state index in [9.17, 15) is 4.79 Å². The van der Waals surface area contributed by atoms with Crippen molar-refractivity contribution in [3.8, 4) is 0 Å². The van der Waals surface area contributed by atoms with Crippen molar-refractivity contribution < 1.29 is 4.79 Å². The molecule has 0 atom stereocenters. The lowest BCUT2D eigenvalue weighted by Gasteiger charge is -2.18. The molecule has 6 nitrogen and oxygen atoms in total. The van der Waals surface area contributed by atoms with Crippen LogP contribution in [0.25, 0.3) is 10.2 Å². The van der Waals surface area contributed by atoms with E-state index in [1.807, 2.05) is 38.2 Å². The first-order chi connectivity index (χ1) is 13.9. The molecule has 3 heterocycles. The second-order valence-electron chi connectivity index (χ2n) is 7.41. The van der Waals surface area contributed by atoms with Gasteiger partial charge in [-0.1, -0.05) is 23.5 Å². The number of carbonyl (C=O) groups excluding carboxylic acids is 1. The van der Waals surface area contributed by atoms with Crippen LogP contribution in [0, 0.1) is 13.8 Å². The standard InChI is InChI=1S/C22H23N5OS/c1-14(2)27-10-8-18(25-27)21(28)26(13-17-7-5-6-9-23-17)22-24-19-12-15(3)11-16(4)20(19)29-22/h5-12,14H,13H2,1-4H3. The summed E-state index contributed by atoms with van der Waals surface area (Å²) in [6.07, 6.45) is 3.57. The summed E-state index contributed by atoms with van der Waals surface area (Å²) in [6.45, 7) is 8.54. The monoisotopic (exact) mass is 405 g/mol. The molecular weight excluding hydrogens is 382 g/mol. The topological polar surface area (TPSA) is 63.9 Å². The van der Waals surface area contributed by atoms with Crippen LogP contribution in [0.15, 0.2) is 48.8 Å². The van der Waals surface area contributed by atoms with Gasteiger partial charge in [0.2, 0.25) is 0 Å². The van der Waals surface area contributed by atoms with Gasteiger partial charge in [-0.2, -0.15) is 5.10 Å². The molecule has 29 heavy (non-hydrogen) atoms. The summed E-state index contributed by atoms with van der Waals surface area (Å²) >= 11 is 1.53. The molecular formula is C22H23N5OS. The predicted molar refractivity (Wildman–Crippen MR) is 116 cm³/mol. The lowest BCUT2D eigenvalue weighted by Crippen LogP contribution is -2.31. The molecule has 0 spiro atoms. The zero-order chi connectivity index (χ0) is 20.5. The van der Waals surface area contributed by atoms with E-state index in [0.29, 0.717) is 17.4 Å². The Hall–Kier alpha value is -3.06. The van der Waals surface area contributed by atoms with E-state index in [0.717, 1.165) is 27.0 Å². The van der Waals surface area contributed by atoms with Crippen molar-refractivity contribution in [1.82, 2.24) is 19.7 Å². The second kappa shape index (κ2) is 7.75. The van der Waals surface area contributed by atoms with E-state index < -0.39 is 0 Å². The first kappa shape index (κ1) is 19.3. The fourth-order valence-corrected chi connectivity index (χ4v) is 4.25. The van der Waals surface area contributed by atoms with Crippen LogP contribution in [0.3, 0.4) is 0 Å². The zero-order valence-corrected chi connectivity index (χ0v) is 17.8. The number of hydrogen-bond acceptors (Lipinski definition) is 5. The van der Waals surface area contributed by atoms with Gasteiger partial charge in [-0.05, 0) is 63.1 Å². The largest absolute Gasteiger partial charge is 0.280 e. The van der Waals surface area contributed by atoms with Crippen LogP contribution in [0.5, 0.6) is 0 Å². The van der Waals surface area contributed by atoms with E-state index in [1.54, 1.807) is 21.8 Å². The summed E-state index contributed by atoms with van der Waals surface area (Å²) in [7, 11) is 0. The number of anilines is 1. The van der Waals surface area contributed by atoms with Gasteiger partial charge in [0.15, 0.2) is 10.8 Å². The van der Waals surface area contributed by atoms with Gasteiger partial charge in [0.05, 0.1) is 22.5 Å². The quantitative estimate of drug-likeness (QED) is 0.472. The molecule has 0 aliphatic rings. The summed E-state index contributed by atoms with van der Waals surface area (Å²) in [5, 5.41) is 5.12. The van der Waals surface area contributed by atoms with E-state index in [2.05, 4.69) is 36.1 Å². The highest BCUT2D eigenvalue weighted by molar-refractivity contribution is 7.22. The van der Waals surface area contributed by atoms with Crippen molar-refractivity contribution in [2.45, 2.75) is 40.3 Å². The molecule has 1 amide bonds. The maximum absolute atomic E-state index is 13.4. The summed E-state index contributed by atoms with van der Waals surface area (Å²) in [5.74, 6) is -0.177. The number of nitrogens with zero attached hydrogens (tertiary/aromatic N) is 5. The van der Waals surface area contributed by atoms with E-state index >= 15 is 0 Å². The lowest BCUT2D eigenvalue weighted by atomic mass is 10.1. The van der Waals surface area contributed by atoms with Crippen LogP contribution in [-0.2, 0) is 6.54 Å². The van der Waals surface area contributed by atoms with Gasteiger partial charge < -0.3 is 0 Å². The Labute approximate surface area is 173 Å². The minimum Gasteiger partial charge on any atom is -0.276 e. The highest BCUT2D eigenvalue weighted by Crippen LogP contribution is 2.33. The molecule has 3 aromatic heterocycles. The minimum absolute atomic E-state index is 0.177. The van der Waals surface area contributed by atoms with Crippen molar-refractivity contribution in [2.24, 2.45) is 0 Å². The van der Waals surface area contributed by atoms with Crippen molar-refractivity contribution >= 4 is 32.6 Å². The fourth-order valence-electron chi connectivity index (χ4n) is 3.24. The lowest BCUT2D eigenvalue weighted by molar-refractivity contribution is 0.0979. The van der Waals surface area contributed by atoms with Crippen LogP contribution in [0.4, 0.5) is 5.13 Å². The number of benzene rings is 1. The van der Waals surface area contributed by atoms with Gasteiger partial charge in [-0.15, -0.1) is 0 Å². The first-order valence-electron chi connectivity index (χ1n) is 9.57. The van der Waals surface area contributed by atoms with Crippen molar-refractivity contribution in [3.63, 3.8) is 0 Å². The molecule has 4 rings (SSSR count). The molecule has 0 saturated heterocycles. The van der Waals surface area contributed by atoms with Crippen LogP contribution in [0.2, 0.25) is 0 Å². The Bertz CT molecular complexity index is 1160. The molecule has 0 fully saturated rings. The third-order valence-electron chi connectivity index (χ3n) is 4.69. The Morgan fingerprint density at radius 2 is 2.03 bits per heavy atom. The summed E-state index contributed by atoms with van der Waals surface area (Å²) < 4.78 is 2.88. The highest BCUT2D eigenvalue weighted by atomic mass is 32.1. The summed E-state index contributed by atoms with van der Waals surface area (Å²) in [5.41, 5.74) is 4.44. The number of rotatable bonds is 5. The number of amides is 1. The minimum atomic E-state index is -0.177. The van der Waals surface area contributed by atoms with Gasteiger partial charge in [-0.25, -0.2) is 4.98 Å². The summed E-state index contributed by atoms with van der Waals surface area (Å²) in [4.78, 5) is 24.3. The van der Waals surface area contributed by atoms with Gasteiger partial charge in [0.25, 0.3) is 5.91 Å². The summed E-state index contributed by atoms with van der Waals surface area (Å²) in [6, 6.07) is 11.8. The van der Waals surface area contributed by atoms with E-state index in [1.165, 1.54) is 11.3 Å². The van der Waals surface area contributed by atoms with Crippen LogP contribution < -0.4 is 4.90 Å². The van der Waals surface area contributed by atoms with E-state index in [4.69, 9.17) is 4.98 Å². The molecule has 0 saturated carbocycles. The normalized spacial score (nSPS) is 11.3. The third-order valence-corrected chi connectivity index (χ3v) is 5.92. The average Bonchev–Trinajstić information content (AvgIpc) is 3.34. The molecule has 0 aliphatic carbocycles. The number of thiazole rings is 1. The second-order valence-corrected chi connectivity index (χ2v) is 8.39. The molecule has 0 N–H and O–H groups in total. The van der Waals surface area contributed by atoms with E-state index in [-0.39, 0.29) is 11.9 Å². The average molecular weight is 406 g/mol. The van der Waals surface area contributed by atoms with Crippen molar-refractivity contribution in [1.29, 1.82) is 0 Å². The maximum atomic E-state index is 13.4. The van der Waals surface area contributed by atoms with Crippen molar-refractivity contribution in [3.05, 3.63) is 71.3 Å². The number of carbonyl (C=O) groups is 1. The first-order valence-corrected chi connectivity index (χ1v) is 10.4. The Balaban J connectivity index is 1.77. The number of hydrogen-bond donors (Lipinski definition) is 0. The smallest absolute Gasteiger partial charge is 0.276 e. The Morgan fingerprint density at radius 1 is 1.21 bits per heavy atom. The van der Waals surface area contributed by atoms with Crippen LogP contribution in [-0.4, -0.2) is 25.7 Å². The molecule has 0 aliphatic heterocycles. The van der Waals surface area contributed by atoms with Crippen LogP contribution in [0.1, 0.15) is 47.2 Å². The van der Waals surface area contributed by atoms with Crippen molar-refractivity contribution in [2.75, 3.05) is 4.90 Å².